The molecule has 27 heavy (non-hydrogen) atoms. The summed E-state index contributed by atoms with van der Waals surface area (Å²) >= 11 is 0. The number of nitrogens with one attached hydrogen (secondary N) is 1. The van der Waals surface area contributed by atoms with Crippen LogP contribution in [-0.2, 0) is 4.74 Å². The van der Waals surface area contributed by atoms with E-state index in [0.717, 1.165) is 24.1 Å². The van der Waals surface area contributed by atoms with E-state index in [9.17, 15) is 4.79 Å². The zero-order valence-electron chi connectivity index (χ0n) is 16.1. The van der Waals surface area contributed by atoms with Crippen LogP contribution in [0.25, 0.3) is 0 Å². The number of nitrogens with zero attached hydrogens (tertiary/aromatic N) is 3. The lowest BCUT2D eigenvalue weighted by atomic mass is 9.72. The van der Waals surface area contributed by atoms with Crippen molar-refractivity contribution in [1.82, 2.24) is 15.0 Å². The predicted octanol–water partition coefficient (Wildman–Crippen LogP) is 3.42. The quantitative estimate of drug-likeness (QED) is 0.876. The molecule has 144 valence electrons. The molecule has 2 aliphatic rings. The van der Waals surface area contributed by atoms with E-state index in [1.807, 2.05) is 36.9 Å². The first-order valence-corrected chi connectivity index (χ1v) is 9.48. The van der Waals surface area contributed by atoms with E-state index in [0.29, 0.717) is 38.0 Å². The van der Waals surface area contributed by atoms with Crippen molar-refractivity contribution in [3.8, 4) is 0 Å². The molecular weight excluding hydrogens is 344 g/mol. The Morgan fingerprint density at radius 3 is 2.67 bits per heavy atom. The maximum Gasteiger partial charge on any atom is 0.321 e. The molecule has 0 radical (unpaired) electrons. The van der Waals surface area contributed by atoms with Gasteiger partial charge in [-0.15, -0.1) is 0 Å². The van der Waals surface area contributed by atoms with Gasteiger partial charge in [-0.3, -0.25) is 0 Å². The third kappa shape index (κ3) is 3.43. The molecule has 4 rings (SSSR count). The summed E-state index contributed by atoms with van der Waals surface area (Å²) in [6.07, 6.45) is 1.79. The van der Waals surface area contributed by atoms with Gasteiger partial charge in [0.2, 0.25) is 5.89 Å². The number of carbonyl (C=O) groups is 1. The Hall–Kier alpha value is -2.41. The molecule has 0 bridgehead atoms. The molecule has 7 nitrogen and oxygen atoms in total. The fraction of sp³-hybridized carbons (Fsp3) is 0.550. The lowest BCUT2D eigenvalue weighted by Crippen LogP contribution is -2.38. The summed E-state index contributed by atoms with van der Waals surface area (Å²) < 4.78 is 11.1. The van der Waals surface area contributed by atoms with Crippen molar-refractivity contribution in [1.29, 1.82) is 0 Å². The topological polar surface area (TPSA) is 80.5 Å². The molecule has 0 aliphatic carbocycles. The van der Waals surface area contributed by atoms with Gasteiger partial charge in [0.1, 0.15) is 0 Å². The Labute approximate surface area is 159 Å². The van der Waals surface area contributed by atoms with Gasteiger partial charge in [-0.25, -0.2) is 4.79 Å². The van der Waals surface area contributed by atoms with Crippen molar-refractivity contribution < 1.29 is 14.1 Å². The number of amides is 2. The zero-order valence-corrected chi connectivity index (χ0v) is 16.1. The van der Waals surface area contributed by atoms with Gasteiger partial charge in [0.15, 0.2) is 5.82 Å². The molecule has 3 heterocycles. The molecule has 2 amide bonds. The molecule has 1 aromatic heterocycles. The van der Waals surface area contributed by atoms with Gasteiger partial charge in [0, 0.05) is 37.4 Å². The second-order valence-electron chi connectivity index (χ2n) is 7.82. The van der Waals surface area contributed by atoms with Gasteiger partial charge >= 0.3 is 6.03 Å². The lowest BCUT2D eigenvalue weighted by molar-refractivity contribution is 0.00959. The second-order valence-corrected chi connectivity index (χ2v) is 7.82. The summed E-state index contributed by atoms with van der Waals surface area (Å²) in [5.41, 5.74) is 3.13. The standard InChI is InChI=1S/C20H26N4O3/c1-13-4-5-16(10-14(13)2)22-19(25)24-11-17(18-21-15(3)23-27-18)20(12-24)6-8-26-9-7-20/h4-5,10,17H,6-9,11-12H2,1-3H3,(H,22,25). The number of urea groups is 1. The van der Waals surface area contributed by atoms with Gasteiger partial charge in [-0.1, -0.05) is 11.2 Å². The van der Waals surface area contributed by atoms with Crippen LogP contribution in [0.1, 0.15) is 41.6 Å². The third-order valence-electron chi connectivity index (χ3n) is 6.02. The summed E-state index contributed by atoms with van der Waals surface area (Å²) in [6, 6.07) is 5.90. The minimum atomic E-state index is -0.0807. The van der Waals surface area contributed by atoms with Crippen molar-refractivity contribution in [3.63, 3.8) is 0 Å². The average Bonchev–Trinajstić information content (AvgIpc) is 3.23. The first kappa shape index (κ1) is 18.0. The van der Waals surface area contributed by atoms with E-state index in [1.54, 1.807) is 0 Å². The minimum Gasteiger partial charge on any atom is -0.381 e. The van der Waals surface area contributed by atoms with Crippen LogP contribution in [-0.4, -0.2) is 47.4 Å². The second kappa shape index (κ2) is 6.96. The molecule has 0 saturated carbocycles. The Bertz CT molecular complexity index is 842. The number of aromatic nitrogens is 2. The number of likely N-dealkylation sites (tertiary alicyclic amines) is 1. The van der Waals surface area contributed by atoms with Gasteiger partial charge in [0.05, 0.1) is 5.92 Å². The monoisotopic (exact) mass is 370 g/mol. The van der Waals surface area contributed by atoms with Crippen LogP contribution in [0.4, 0.5) is 10.5 Å². The Balaban J connectivity index is 1.55. The minimum absolute atomic E-state index is 0.0492. The van der Waals surface area contributed by atoms with Crippen LogP contribution in [0.2, 0.25) is 0 Å². The maximum atomic E-state index is 12.9. The highest BCUT2D eigenvalue weighted by Crippen LogP contribution is 2.49. The number of rotatable bonds is 2. The third-order valence-corrected chi connectivity index (χ3v) is 6.02. The van der Waals surface area contributed by atoms with Crippen molar-refractivity contribution in [2.45, 2.75) is 39.5 Å². The summed E-state index contributed by atoms with van der Waals surface area (Å²) in [5.74, 6) is 1.31. The molecule has 1 spiro atoms. The summed E-state index contributed by atoms with van der Waals surface area (Å²) in [7, 11) is 0. The SMILES string of the molecule is Cc1noc(C2CN(C(=O)Nc3ccc(C)c(C)c3)CC23CCOCC3)n1. The van der Waals surface area contributed by atoms with Gasteiger partial charge in [-0.2, -0.15) is 4.98 Å². The number of aryl methyl sites for hydroxylation is 3. The Morgan fingerprint density at radius 2 is 2.00 bits per heavy atom. The smallest absolute Gasteiger partial charge is 0.321 e. The normalized spacial score (nSPS) is 21.6. The van der Waals surface area contributed by atoms with E-state index in [2.05, 4.69) is 22.4 Å². The molecular formula is C20H26N4O3. The largest absolute Gasteiger partial charge is 0.381 e. The van der Waals surface area contributed by atoms with Crippen LogP contribution < -0.4 is 5.32 Å². The summed E-state index contributed by atoms with van der Waals surface area (Å²) in [4.78, 5) is 19.3. The van der Waals surface area contributed by atoms with Crippen molar-refractivity contribution in [2.24, 2.45) is 5.41 Å². The van der Waals surface area contributed by atoms with Crippen LogP contribution in [0, 0.1) is 26.2 Å². The molecule has 1 aromatic carbocycles. The van der Waals surface area contributed by atoms with Gasteiger partial charge in [-0.05, 0) is 56.9 Å². The van der Waals surface area contributed by atoms with Crippen molar-refractivity contribution in [2.75, 3.05) is 31.6 Å². The maximum absolute atomic E-state index is 12.9. The molecule has 2 aliphatic heterocycles. The van der Waals surface area contributed by atoms with Gasteiger partial charge < -0.3 is 19.5 Å². The number of hydrogen-bond acceptors (Lipinski definition) is 5. The molecule has 1 atom stereocenters. The lowest BCUT2D eigenvalue weighted by Gasteiger charge is -2.36. The summed E-state index contributed by atoms with van der Waals surface area (Å²) in [6.45, 7) is 8.60. The van der Waals surface area contributed by atoms with Crippen molar-refractivity contribution >= 4 is 11.7 Å². The number of anilines is 1. The highest BCUT2D eigenvalue weighted by atomic mass is 16.5. The average molecular weight is 370 g/mol. The molecule has 2 fully saturated rings. The fourth-order valence-corrected chi connectivity index (χ4v) is 4.22. The molecule has 1 N–H and O–H groups in total. The van der Waals surface area contributed by atoms with Crippen LogP contribution in [0.15, 0.2) is 22.7 Å². The molecule has 2 aromatic rings. The van der Waals surface area contributed by atoms with Crippen LogP contribution in [0.3, 0.4) is 0 Å². The summed E-state index contributed by atoms with van der Waals surface area (Å²) in [5, 5.41) is 7.00. The number of benzene rings is 1. The molecule has 2 saturated heterocycles. The molecule has 7 heteroatoms. The first-order valence-electron chi connectivity index (χ1n) is 9.48. The predicted molar refractivity (Wildman–Crippen MR) is 101 cm³/mol. The molecule has 1 unspecified atom stereocenters. The van der Waals surface area contributed by atoms with Crippen LogP contribution >= 0.6 is 0 Å². The number of hydrogen-bond donors (Lipinski definition) is 1. The van der Waals surface area contributed by atoms with E-state index in [4.69, 9.17) is 9.26 Å². The van der Waals surface area contributed by atoms with E-state index < -0.39 is 0 Å². The highest BCUT2D eigenvalue weighted by Gasteiger charge is 2.51. The van der Waals surface area contributed by atoms with Crippen LogP contribution in [0.5, 0.6) is 0 Å². The van der Waals surface area contributed by atoms with E-state index in [-0.39, 0.29) is 17.4 Å². The first-order chi connectivity index (χ1) is 13.0. The fourth-order valence-electron chi connectivity index (χ4n) is 4.22. The highest BCUT2D eigenvalue weighted by molar-refractivity contribution is 5.89. The number of ether oxygens (including phenoxy) is 1. The van der Waals surface area contributed by atoms with Crippen molar-refractivity contribution in [3.05, 3.63) is 41.0 Å². The zero-order chi connectivity index (χ0) is 19.0. The van der Waals surface area contributed by atoms with E-state index in [1.165, 1.54) is 5.56 Å². The number of carbonyl (C=O) groups excluding carboxylic acids is 1. The van der Waals surface area contributed by atoms with E-state index >= 15 is 0 Å². The Kier molecular flexibility index (Phi) is 4.63. The van der Waals surface area contributed by atoms with Gasteiger partial charge in [0.25, 0.3) is 0 Å². The Morgan fingerprint density at radius 1 is 1.22 bits per heavy atom.